The summed E-state index contributed by atoms with van der Waals surface area (Å²) in [7, 11) is 0. The fourth-order valence-corrected chi connectivity index (χ4v) is 4.24. The lowest BCUT2D eigenvalue weighted by Crippen LogP contribution is -2.48. The van der Waals surface area contributed by atoms with Crippen molar-refractivity contribution in [1.29, 1.82) is 0 Å². The van der Waals surface area contributed by atoms with Gasteiger partial charge in [0.05, 0.1) is 5.52 Å². The summed E-state index contributed by atoms with van der Waals surface area (Å²) in [5.41, 5.74) is 2.60. The zero-order valence-corrected chi connectivity index (χ0v) is 13.7. The Kier molecular flexibility index (Phi) is 4.55. The molecule has 2 aliphatic rings. The molecule has 4 rings (SSSR count). The van der Waals surface area contributed by atoms with Gasteiger partial charge < -0.3 is 10.6 Å². The Balaban J connectivity index is 1.76. The van der Waals surface area contributed by atoms with Crippen molar-refractivity contribution in [3.63, 3.8) is 0 Å². The number of pyridine rings is 1. The molecule has 1 aromatic carbocycles. The van der Waals surface area contributed by atoms with Crippen LogP contribution in [0.3, 0.4) is 0 Å². The van der Waals surface area contributed by atoms with Gasteiger partial charge in [-0.15, -0.1) is 0 Å². The van der Waals surface area contributed by atoms with E-state index in [0.717, 1.165) is 50.7 Å². The highest BCUT2D eigenvalue weighted by Gasteiger charge is 2.31. The second-order valence-electron chi connectivity index (χ2n) is 6.74. The van der Waals surface area contributed by atoms with Crippen LogP contribution in [0.25, 0.3) is 10.9 Å². The van der Waals surface area contributed by atoms with Crippen LogP contribution in [0.15, 0.2) is 36.5 Å². The Labute approximate surface area is 138 Å². The predicted octanol–water partition coefficient (Wildman–Crippen LogP) is 2.18. The monoisotopic (exact) mass is 310 g/mol. The van der Waals surface area contributed by atoms with Crippen LogP contribution in [-0.4, -0.2) is 49.2 Å². The Hall–Kier alpha value is -1.49. The van der Waals surface area contributed by atoms with Gasteiger partial charge in [-0.3, -0.25) is 9.88 Å². The summed E-state index contributed by atoms with van der Waals surface area (Å²) in [6, 6.07) is 11.4. The number of benzene rings is 1. The Morgan fingerprint density at radius 3 is 2.52 bits per heavy atom. The Morgan fingerprint density at radius 2 is 1.70 bits per heavy atom. The first-order valence-electron chi connectivity index (χ1n) is 8.92. The highest BCUT2D eigenvalue weighted by molar-refractivity contribution is 5.82. The number of para-hydroxylation sites is 1. The molecule has 3 heterocycles. The molecule has 0 bridgehead atoms. The van der Waals surface area contributed by atoms with Crippen LogP contribution in [0.1, 0.15) is 24.4 Å². The molecule has 2 aliphatic heterocycles. The molecule has 0 aliphatic carbocycles. The standard InChI is InChI=1S/C19H26N4/c1-2-4-18-16(3-1)17(7-10-22-18)19(15-5-8-20-9-6-15)23-13-11-21-12-14-23/h1-4,7,10,15,19-21H,5-6,8-9,11-14H2. The number of nitrogens with zero attached hydrogens (tertiary/aromatic N) is 2. The van der Waals surface area contributed by atoms with Crippen LogP contribution in [0, 0.1) is 5.92 Å². The molecule has 1 unspecified atom stereocenters. The summed E-state index contributed by atoms with van der Waals surface area (Å²) in [6.07, 6.45) is 4.53. The quantitative estimate of drug-likeness (QED) is 0.912. The van der Waals surface area contributed by atoms with Gasteiger partial charge in [0.2, 0.25) is 0 Å². The van der Waals surface area contributed by atoms with Crippen molar-refractivity contribution in [2.75, 3.05) is 39.3 Å². The smallest absolute Gasteiger partial charge is 0.0705 e. The number of fused-ring (bicyclic) bond motifs is 1. The van der Waals surface area contributed by atoms with Gasteiger partial charge in [-0.05, 0) is 49.5 Å². The third-order valence-corrected chi connectivity index (χ3v) is 5.38. The summed E-state index contributed by atoms with van der Waals surface area (Å²) >= 11 is 0. The second kappa shape index (κ2) is 6.95. The third-order valence-electron chi connectivity index (χ3n) is 5.38. The fraction of sp³-hybridized carbons (Fsp3) is 0.526. The molecule has 1 atom stereocenters. The third kappa shape index (κ3) is 3.11. The first kappa shape index (κ1) is 15.1. The van der Waals surface area contributed by atoms with Crippen molar-refractivity contribution < 1.29 is 0 Å². The molecule has 0 radical (unpaired) electrons. The lowest BCUT2D eigenvalue weighted by molar-refractivity contribution is 0.108. The highest BCUT2D eigenvalue weighted by Crippen LogP contribution is 2.37. The first-order valence-corrected chi connectivity index (χ1v) is 8.92. The van der Waals surface area contributed by atoms with Crippen LogP contribution in [0.5, 0.6) is 0 Å². The van der Waals surface area contributed by atoms with Crippen LogP contribution in [0.2, 0.25) is 0 Å². The summed E-state index contributed by atoms with van der Waals surface area (Å²) in [5.74, 6) is 0.736. The number of nitrogens with one attached hydrogen (secondary N) is 2. The molecule has 2 fully saturated rings. The average molecular weight is 310 g/mol. The van der Waals surface area contributed by atoms with E-state index in [1.807, 2.05) is 6.20 Å². The number of hydrogen-bond donors (Lipinski definition) is 2. The normalized spacial score (nSPS) is 22.3. The van der Waals surface area contributed by atoms with Gasteiger partial charge in [0.25, 0.3) is 0 Å². The van der Waals surface area contributed by atoms with Gasteiger partial charge >= 0.3 is 0 Å². The average Bonchev–Trinajstić information content (AvgIpc) is 2.64. The molecule has 2 aromatic rings. The minimum atomic E-state index is 0.520. The zero-order valence-electron chi connectivity index (χ0n) is 13.7. The van der Waals surface area contributed by atoms with Crippen molar-refractivity contribution in [2.24, 2.45) is 5.92 Å². The molecule has 1 aromatic heterocycles. The molecule has 2 saturated heterocycles. The lowest BCUT2D eigenvalue weighted by atomic mass is 9.83. The van der Waals surface area contributed by atoms with Crippen LogP contribution in [0.4, 0.5) is 0 Å². The molecule has 23 heavy (non-hydrogen) atoms. The number of piperidine rings is 1. The van der Waals surface area contributed by atoms with E-state index in [1.54, 1.807) is 0 Å². The van der Waals surface area contributed by atoms with E-state index in [4.69, 9.17) is 0 Å². The predicted molar refractivity (Wildman–Crippen MR) is 94.5 cm³/mol. The molecule has 4 nitrogen and oxygen atoms in total. The largest absolute Gasteiger partial charge is 0.317 e. The van der Waals surface area contributed by atoms with E-state index in [2.05, 4.69) is 50.8 Å². The second-order valence-corrected chi connectivity index (χ2v) is 6.74. The van der Waals surface area contributed by atoms with Crippen molar-refractivity contribution in [1.82, 2.24) is 20.5 Å². The van der Waals surface area contributed by atoms with Gasteiger partial charge in [0, 0.05) is 43.8 Å². The number of aromatic nitrogens is 1. The van der Waals surface area contributed by atoms with Gasteiger partial charge in [-0.1, -0.05) is 18.2 Å². The van der Waals surface area contributed by atoms with Crippen molar-refractivity contribution in [3.8, 4) is 0 Å². The van der Waals surface area contributed by atoms with Crippen molar-refractivity contribution in [3.05, 3.63) is 42.1 Å². The molecule has 0 saturated carbocycles. The number of piperazine rings is 1. The van der Waals surface area contributed by atoms with E-state index in [0.29, 0.717) is 6.04 Å². The molecule has 2 N–H and O–H groups in total. The molecular formula is C19H26N4. The first-order chi connectivity index (χ1) is 11.4. The van der Waals surface area contributed by atoms with E-state index in [-0.39, 0.29) is 0 Å². The van der Waals surface area contributed by atoms with Crippen molar-refractivity contribution >= 4 is 10.9 Å². The minimum absolute atomic E-state index is 0.520. The summed E-state index contributed by atoms with van der Waals surface area (Å²) < 4.78 is 0. The number of rotatable bonds is 3. The zero-order chi connectivity index (χ0) is 15.5. The molecule has 122 valence electrons. The molecule has 0 spiro atoms. The number of hydrogen-bond acceptors (Lipinski definition) is 4. The summed E-state index contributed by atoms with van der Waals surface area (Å²) in [4.78, 5) is 7.27. The Bertz CT molecular complexity index is 621. The maximum atomic E-state index is 4.57. The fourth-order valence-electron chi connectivity index (χ4n) is 4.24. The maximum Gasteiger partial charge on any atom is 0.0705 e. The van der Waals surface area contributed by atoms with Crippen LogP contribution >= 0.6 is 0 Å². The van der Waals surface area contributed by atoms with Gasteiger partial charge in [-0.2, -0.15) is 0 Å². The van der Waals surface area contributed by atoms with Crippen molar-refractivity contribution in [2.45, 2.75) is 18.9 Å². The topological polar surface area (TPSA) is 40.2 Å². The van der Waals surface area contributed by atoms with E-state index in [9.17, 15) is 0 Å². The SMILES string of the molecule is c1ccc2c(C(C3CCNCC3)N3CCNCC3)ccnc2c1. The van der Waals surface area contributed by atoms with Crippen LogP contribution < -0.4 is 10.6 Å². The van der Waals surface area contributed by atoms with E-state index < -0.39 is 0 Å². The van der Waals surface area contributed by atoms with Gasteiger partial charge in [0.1, 0.15) is 0 Å². The van der Waals surface area contributed by atoms with E-state index in [1.165, 1.54) is 23.8 Å². The summed E-state index contributed by atoms with van der Waals surface area (Å²) in [5, 5.41) is 8.34. The van der Waals surface area contributed by atoms with Gasteiger partial charge in [-0.25, -0.2) is 0 Å². The minimum Gasteiger partial charge on any atom is -0.317 e. The van der Waals surface area contributed by atoms with Gasteiger partial charge in [0.15, 0.2) is 0 Å². The summed E-state index contributed by atoms with van der Waals surface area (Å²) in [6.45, 7) is 6.79. The van der Waals surface area contributed by atoms with E-state index >= 15 is 0 Å². The molecule has 0 amide bonds. The molecule has 4 heteroatoms. The maximum absolute atomic E-state index is 4.57. The Morgan fingerprint density at radius 1 is 0.957 bits per heavy atom. The highest BCUT2D eigenvalue weighted by atomic mass is 15.2. The van der Waals surface area contributed by atoms with Crippen LogP contribution in [-0.2, 0) is 0 Å². The lowest BCUT2D eigenvalue weighted by Gasteiger charge is -2.41. The molecular weight excluding hydrogens is 284 g/mol.